The van der Waals surface area contributed by atoms with Crippen molar-refractivity contribution < 1.29 is 9.90 Å². The van der Waals surface area contributed by atoms with Crippen LogP contribution in [0.3, 0.4) is 0 Å². The molecule has 0 saturated carbocycles. The molecule has 2 rings (SSSR count). The number of rotatable bonds is 0. The van der Waals surface area contributed by atoms with Gasteiger partial charge in [0.15, 0.2) is 5.78 Å². The zero-order valence-corrected chi connectivity index (χ0v) is 5.82. The molecule has 11 heavy (non-hydrogen) atoms. The van der Waals surface area contributed by atoms with Crippen LogP contribution in [0.1, 0.15) is 28.4 Å². The van der Waals surface area contributed by atoms with Crippen LogP contribution in [0, 0.1) is 0 Å². The first-order chi connectivity index (χ1) is 5.29. The predicted octanol–water partition coefficient (Wildman–Crippen LogP) is 0.701. The number of nitrogens with zero attached hydrogens (tertiary/aromatic N) is 1. The molecule has 0 spiro atoms. The second-order valence-corrected chi connectivity index (χ2v) is 2.61. The molecule has 1 aromatic rings. The van der Waals surface area contributed by atoms with Gasteiger partial charge in [-0.2, -0.15) is 0 Å². The van der Waals surface area contributed by atoms with Crippen molar-refractivity contribution in [2.24, 2.45) is 0 Å². The van der Waals surface area contributed by atoms with E-state index in [1.807, 2.05) is 0 Å². The summed E-state index contributed by atoms with van der Waals surface area (Å²) in [5.41, 5.74) is 1.28. The summed E-state index contributed by atoms with van der Waals surface area (Å²) in [6.45, 7) is 0. The van der Waals surface area contributed by atoms with Crippen LogP contribution in [0.4, 0.5) is 0 Å². The molecule has 56 valence electrons. The average Bonchev–Trinajstić information content (AvgIpc) is 2.30. The van der Waals surface area contributed by atoms with Crippen LogP contribution in [0.15, 0.2) is 18.5 Å². The number of hydrogen-bond donors (Lipinski definition) is 1. The van der Waals surface area contributed by atoms with Gasteiger partial charge >= 0.3 is 0 Å². The van der Waals surface area contributed by atoms with Crippen molar-refractivity contribution >= 4 is 5.78 Å². The maximum Gasteiger partial charge on any atom is 0.167 e. The molecule has 0 bridgehead atoms. The van der Waals surface area contributed by atoms with Crippen molar-refractivity contribution in [1.29, 1.82) is 0 Å². The third kappa shape index (κ3) is 0.851. The fraction of sp³-hybridized carbons (Fsp3) is 0.250. The summed E-state index contributed by atoms with van der Waals surface area (Å²) in [5.74, 6) is -0.0133. The Labute approximate surface area is 63.7 Å². The number of carbonyl (C=O) groups excluding carboxylic acids is 1. The van der Waals surface area contributed by atoms with Gasteiger partial charge in [0.25, 0.3) is 0 Å². The molecule has 1 heterocycles. The molecule has 3 heteroatoms. The number of hydrogen-bond acceptors (Lipinski definition) is 3. The Balaban J connectivity index is 2.60. The highest BCUT2D eigenvalue weighted by atomic mass is 16.3. The molecule has 0 unspecified atom stereocenters. The molecule has 0 amide bonds. The molecular formula is C8H7NO2. The largest absolute Gasteiger partial charge is 0.388 e. The first-order valence-electron chi connectivity index (χ1n) is 3.44. The van der Waals surface area contributed by atoms with Crippen molar-refractivity contribution in [1.82, 2.24) is 4.98 Å². The second kappa shape index (κ2) is 2.13. The van der Waals surface area contributed by atoms with Gasteiger partial charge in [0.2, 0.25) is 0 Å². The lowest BCUT2D eigenvalue weighted by atomic mass is 10.2. The fourth-order valence-electron chi connectivity index (χ4n) is 1.32. The number of ketones is 1. The number of pyridine rings is 1. The van der Waals surface area contributed by atoms with E-state index in [1.54, 1.807) is 12.3 Å². The third-order valence-electron chi connectivity index (χ3n) is 1.89. The minimum absolute atomic E-state index is 0.0133. The summed E-state index contributed by atoms with van der Waals surface area (Å²) in [6, 6.07) is 1.69. The van der Waals surface area contributed by atoms with Crippen LogP contribution in [0.5, 0.6) is 0 Å². The molecule has 1 aliphatic carbocycles. The van der Waals surface area contributed by atoms with Crippen LogP contribution in [-0.4, -0.2) is 15.9 Å². The van der Waals surface area contributed by atoms with Gasteiger partial charge < -0.3 is 5.11 Å². The standard InChI is InChI=1S/C8H7NO2/c10-7-3-8(11)6-4-9-2-1-5(6)7/h1-2,4,7,10H,3H2/t7-/m0/s1. The number of fused-ring (bicyclic) bond motifs is 1. The van der Waals surface area contributed by atoms with E-state index in [2.05, 4.69) is 4.98 Å². The molecular weight excluding hydrogens is 142 g/mol. The van der Waals surface area contributed by atoms with Crippen LogP contribution in [-0.2, 0) is 0 Å². The van der Waals surface area contributed by atoms with Gasteiger partial charge in [0.1, 0.15) is 0 Å². The van der Waals surface area contributed by atoms with Crippen molar-refractivity contribution in [2.45, 2.75) is 12.5 Å². The Bertz CT molecular complexity index is 309. The minimum Gasteiger partial charge on any atom is -0.388 e. The molecule has 1 aliphatic rings. The molecule has 1 aromatic heterocycles. The maximum atomic E-state index is 11.1. The van der Waals surface area contributed by atoms with Gasteiger partial charge in [-0.1, -0.05) is 0 Å². The highest BCUT2D eigenvalue weighted by Gasteiger charge is 2.26. The van der Waals surface area contributed by atoms with E-state index in [0.717, 1.165) is 0 Å². The lowest BCUT2D eigenvalue weighted by molar-refractivity contribution is 0.0930. The molecule has 3 nitrogen and oxygen atoms in total. The number of Topliss-reactive ketones (excluding diaryl/α,β-unsaturated/α-hetero) is 1. The van der Waals surface area contributed by atoms with E-state index in [0.29, 0.717) is 11.1 Å². The summed E-state index contributed by atoms with van der Waals surface area (Å²) in [4.78, 5) is 14.9. The van der Waals surface area contributed by atoms with Crippen LogP contribution < -0.4 is 0 Å². The molecule has 0 saturated heterocycles. The molecule has 1 atom stereocenters. The fourth-order valence-corrected chi connectivity index (χ4v) is 1.32. The molecule has 0 fully saturated rings. The van der Waals surface area contributed by atoms with Crippen molar-refractivity contribution in [3.63, 3.8) is 0 Å². The summed E-state index contributed by atoms with van der Waals surface area (Å²) in [5, 5.41) is 9.30. The predicted molar refractivity (Wildman–Crippen MR) is 38.1 cm³/mol. The number of aromatic nitrogens is 1. The van der Waals surface area contributed by atoms with E-state index in [9.17, 15) is 9.90 Å². The minimum atomic E-state index is -0.611. The van der Waals surface area contributed by atoms with Gasteiger partial charge in [-0.25, -0.2) is 0 Å². The van der Waals surface area contributed by atoms with Gasteiger partial charge in [0.05, 0.1) is 6.10 Å². The van der Waals surface area contributed by atoms with Crippen molar-refractivity contribution in [3.05, 3.63) is 29.6 Å². The third-order valence-corrected chi connectivity index (χ3v) is 1.89. The van der Waals surface area contributed by atoms with Crippen LogP contribution >= 0.6 is 0 Å². The molecule has 1 N–H and O–H groups in total. The van der Waals surface area contributed by atoms with Crippen molar-refractivity contribution in [2.75, 3.05) is 0 Å². The van der Waals surface area contributed by atoms with E-state index < -0.39 is 6.10 Å². The van der Waals surface area contributed by atoms with Gasteiger partial charge in [-0.15, -0.1) is 0 Å². The Morgan fingerprint density at radius 2 is 2.45 bits per heavy atom. The Kier molecular flexibility index (Phi) is 1.26. The van der Waals surface area contributed by atoms with Gasteiger partial charge in [-0.3, -0.25) is 9.78 Å². The van der Waals surface area contributed by atoms with Crippen LogP contribution in [0.25, 0.3) is 0 Å². The summed E-state index contributed by atoms with van der Waals surface area (Å²) in [6.07, 6.45) is 2.69. The lowest BCUT2D eigenvalue weighted by Gasteiger charge is -1.98. The smallest absolute Gasteiger partial charge is 0.167 e. The lowest BCUT2D eigenvalue weighted by Crippen LogP contribution is -1.90. The van der Waals surface area contributed by atoms with E-state index in [1.165, 1.54) is 6.20 Å². The summed E-state index contributed by atoms with van der Waals surface area (Å²) < 4.78 is 0. The van der Waals surface area contributed by atoms with E-state index in [4.69, 9.17) is 0 Å². The van der Waals surface area contributed by atoms with E-state index in [-0.39, 0.29) is 12.2 Å². The summed E-state index contributed by atoms with van der Waals surface area (Å²) in [7, 11) is 0. The zero-order chi connectivity index (χ0) is 7.84. The summed E-state index contributed by atoms with van der Waals surface area (Å²) >= 11 is 0. The van der Waals surface area contributed by atoms with Gasteiger partial charge in [-0.05, 0) is 11.6 Å². The quantitative estimate of drug-likeness (QED) is 0.590. The number of carbonyl (C=O) groups is 1. The van der Waals surface area contributed by atoms with Crippen molar-refractivity contribution in [3.8, 4) is 0 Å². The molecule has 0 radical (unpaired) electrons. The SMILES string of the molecule is O=C1C[C@H](O)c2ccncc21. The normalized spacial score (nSPS) is 21.9. The monoisotopic (exact) mass is 149 g/mol. The Hall–Kier alpha value is -1.22. The Morgan fingerprint density at radius 3 is 3.18 bits per heavy atom. The number of aliphatic hydroxyl groups excluding tert-OH is 1. The zero-order valence-electron chi connectivity index (χ0n) is 5.82. The number of aliphatic hydroxyl groups is 1. The first kappa shape index (κ1) is 6.49. The molecule has 0 aromatic carbocycles. The highest BCUT2D eigenvalue weighted by molar-refractivity contribution is 6.00. The van der Waals surface area contributed by atoms with E-state index >= 15 is 0 Å². The first-order valence-corrected chi connectivity index (χ1v) is 3.44. The molecule has 0 aliphatic heterocycles. The van der Waals surface area contributed by atoms with Crippen LogP contribution in [0.2, 0.25) is 0 Å². The highest BCUT2D eigenvalue weighted by Crippen LogP contribution is 2.29. The van der Waals surface area contributed by atoms with Gasteiger partial charge in [0, 0.05) is 24.4 Å². The maximum absolute atomic E-state index is 11.1. The second-order valence-electron chi connectivity index (χ2n) is 2.61. The average molecular weight is 149 g/mol. The Morgan fingerprint density at radius 1 is 1.64 bits per heavy atom. The topological polar surface area (TPSA) is 50.2 Å².